The lowest BCUT2D eigenvalue weighted by atomic mass is 9.53. The number of nitrogens with two attached hydrogens (primary N) is 1. The number of nitrogens with one attached hydrogen (secondary N) is 3. The van der Waals surface area contributed by atoms with Crippen molar-refractivity contribution in [2.24, 2.45) is 29.4 Å². The highest BCUT2D eigenvalue weighted by molar-refractivity contribution is 5.78. The van der Waals surface area contributed by atoms with Crippen molar-refractivity contribution in [1.29, 1.82) is 0 Å². The summed E-state index contributed by atoms with van der Waals surface area (Å²) in [6.07, 6.45) is 13.9. The van der Waals surface area contributed by atoms with Crippen LogP contribution in [0.4, 0.5) is 4.79 Å². The van der Waals surface area contributed by atoms with E-state index in [2.05, 4.69) is 16.0 Å². The van der Waals surface area contributed by atoms with Crippen LogP contribution in [0.3, 0.4) is 0 Å². The molecule has 5 saturated carbocycles. The lowest BCUT2D eigenvalue weighted by Gasteiger charge is -2.56. The van der Waals surface area contributed by atoms with Gasteiger partial charge in [-0.3, -0.25) is 4.79 Å². The van der Waals surface area contributed by atoms with Crippen LogP contribution in [0.5, 0.6) is 0 Å². The molecule has 5 aliphatic rings. The molecule has 0 aromatic heterocycles. The fraction of sp³-hybridized carbons (Fsp3) is 0.909. The molecule has 0 spiro atoms. The van der Waals surface area contributed by atoms with Gasteiger partial charge in [0.15, 0.2) is 0 Å². The van der Waals surface area contributed by atoms with Gasteiger partial charge in [-0.25, -0.2) is 4.79 Å². The Balaban J connectivity index is 1.17. The van der Waals surface area contributed by atoms with Crippen LogP contribution in [0.1, 0.15) is 77.0 Å². The van der Waals surface area contributed by atoms with Gasteiger partial charge in [0, 0.05) is 31.1 Å². The average molecular weight is 391 g/mol. The molecule has 5 N–H and O–H groups in total. The second kappa shape index (κ2) is 8.60. The molecule has 5 rings (SSSR count). The zero-order valence-electron chi connectivity index (χ0n) is 17.2. The third kappa shape index (κ3) is 4.64. The summed E-state index contributed by atoms with van der Waals surface area (Å²) in [7, 11) is 0. The van der Waals surface area contributed by atoms with Crippen LogP contribution in [-0.2, 0) is 4.79 Å². The average Bonchev–Trinajstić information content (AvgIpc) is 2.65. The Bertz CT molecular complexity index is 538. The molecule has 0 radical (unpaired) electrons. The first-order valence-corrected chi connectivity index (χ1v) is 11.6. The van der Waals surface area contributed by atoms with Crippen LogP contribution in [0.15, 0.2) is 0 Å². The summed E-state index contributed by atoms with van der Waals surface area (Å²) in [5.74, 6) is 2.94. The Morgan fingerprint density at radius 1 is 0.964 bits per heavy atom. The molecule has 0 aromatic carbocycles. The molecule has 0 aliphatic heterocycles. The minimum Gasteiger partial charge on any atom is -0.352 e. The van der Waals surface area contributed by atoms with Gasteiger partial charge in [-0.15, -0.1) is 0 Å². The number of hydrogen-bond donors (Lipinski definition) is 4. The molecule has 3 amide bonds. The topological polar surface area (TPSA) is 96.2 Å². The van der Waals surface area contributed by atoms with Crippen molar-refractivity contribution in [3.63, 3.8) is 0 Å². The monoisotopic (exact) mass is 390 g/mol. The lowest BCUT2D eigenvalue weighted by molar-refractivity contribution is -0.122. The molecule has 158 valence electrons. The molecule has 4 bridgehead atoms. The normalized spacial score (nSPS) is 35.4. The second-order valence-corrected chi connectivity index (χ2v) is 10.1. The molecule has 0 aromatic rings. The van der Waals surface area contributed by atoms with Gasteiger partial charge in [0.05, 0.1) is 0 Å². The molecule has 1 unspecified atom stereocenters. The maximum Gasteiger partial charge on any atom is 0.315 e. The van der Waals surface area contributed by atoms with Crippen molar-refractivity contribution in [3.8, 4) is 0 Å². The number of urea groups is 1. The van der Waals surface area contributed by atoms with Gasteiger partial charge in [-0.1, -0.05) is 19.3 Å². The van der Waals surface area contributed by atoms with Gasteiger partial charge in [0.1, 0.15) is 0 Å². The predicted octanol–water partition coefficient (Wildman–Crippen LogP) is 2.67. The van der Waals surface area contributed by atoms with Crippen molar-refractivity contribution in [2.45, 2.75) is 88.6 Å². The Labute approximate surface area is 169 Å². The zero-order valence-corrected chi connectivity index (χ0v) is 17.2. The van der Waals surface area contributed by atoms with Crippen LogP contribution in [0.2, 0.25) is 0 Å². The Morgan fingerprint density at radius 2 is 1.57 bits per heavy atom. The summed E-state index contributed by atoms with van der Waals surface area (Å²) < 4.78 is 0. The third-order valence-corrected chi connectivity index (χ3v) is 7.87. The fourth-order valence-corrected chi connectivity index (χ4v) is 7.02. The van der Waals surface area contributed by atoms with E-state index in [-0.39, 0.29) is 23.5 Å². The van der Waals surface area contributed by atoms with Crippen molar-refractivity contribution in [1.82, 2.24) is 16.0 Å². The van der Waals surface area contributed by atoms with Crippen molar-refractivity contribution in [3.05, 3.63) is 0 Å². The molecule has 6 nitrogen and oxygen atoms in total. The summed E-state index contributed by atoms with van der Waals surface area (Å²) >= 11 is 0. The minimum atomic E-state index is -0.0996. The molecule has 5 aliphatic carbocycles. The van der Waals surface area contributed by atoms with E-state index >= 15 is 0 Å². The van der Waals surface area contributed by atoms with Crippen LogP contribution in [0.25, 0.3) is 0 Å². The van der Waals surface area contributed by atoms with E-state index in [0.717, 1.165) is 49.9 Å². The summed E-state index contributed by atoms with van der Waals surface area (Å²) in [6.45, 7) is 0.877. The van der Waals surface area contributed by atoms with Crippen LogP contribution in [0, 0.1) is 23.7 Å². The first kappa shape index (κ1) is 20.0. The third-order valence-electron chi connectivity index (χ3n) is 7.87. The summed E-state index contributed by atoms with van der Waals surface area (Å²) in [5, 5.41) is 9.32. The standard InChI is InChI=1S/C22H38N4O2/c23-14-19(18-4-2-1-3-5-18)25-20(27)6-7-24-21(28)26-22-11-15-8-16(12-22)10-17(9-15)13-22/h15-19H,1-14,23H2,(H,25,27)(H2,24,26,28). The first-order chi connectivity index (χ1) is 13.5. The van der Waals surface area contributed by atoms with Gasteiger partial charge < -0.3 is 21.7 Å². The Morgan fingerprint density at radius 3 is 2.14 bits per heavy atom. The van der Waals surface area contributed by atoms with Gasteiger partial charge >= 0.3 is 6.03 Å². The Hall–Kier alpha value is -1.30. The molecular weight excluding hydrogens is 352 g/mol. The van der Waals surface area contributed by atoms with Crippen LogP contribution in [-0.4, -0.2) is 36.6 Å². The van der Waals surface area contributed by atoms with Crippen molar-refractivity contribution < 1.29 is 9.59 Å². The number of carbonyl (C=O) groups is 2. The highest BCUT2D eigenvalue weighted by atomic mass is 16.2. The van der Waals surface area contributed by atoms with Crippen LogP contribution >= 0.6 is 0 Å². The van der Waals surface area contributed by atoms with Gasteiger partial charge in [-0.2, -0.15) is 0 Å². The maximum atomic E-state index is 12.5. The van der Waals surface area contributed by atoms with Gasteiger partial charge in [0.25, 0.3) is 0 Å². The highest BCUT2D eigenvalue weighted by Gasteiger charge is 2.51. The maximum absolute atomic E-state index is 12.5. The Kier molecular flexibility index (Phi) is 6.14. The van der Waals surface area contributed by atoms with E-state index < -0.39 is 0 Å². The summed E-state index contributed by atoms with van der Waals surface area (Å²) in [4.78, 5) is 24.8. The molecule has 5 fully saturated rings. The van der Waals surface area contributed by atoms with E-state index in [9.17, 15) is 9.59 Å². The zero-order chi connectivity index (χ0) is 19.6. The van der Waals surface area contributed by atoms with Gasteiger partial charge in [0.2, 0.25) is 5.91 Å². The van der Waals surface area contributed by atoms with E-state index in [4.69, 9.17) is 5.73 Å². The molecule has 28 heavy (non-hydrogen) atoms. The quantitative estimate of drug-likeness (QED) is 0.538. The number of carbonyl (C=O) groups excluding carboxylic acids is 2. The van der Waals surface area contributed by atoms with E-state index in [1.165, 1.54) is 38.5 Å². The van der Waals surface area contributed by atoms with E-state index in [1.54, 1.807) is 0 Å². The number of amides is 3. The molecule has 0 saturated heterocycles. The predicted molar refractivity (Wildman–Crippen MR) is 110 cm³/mol. The summed E-state index contributed by atoms with van der Waals surface area (Å²) in [5.41, 5.74) is 5.92. The molecule has 6 heteroatoms. The van der Waals surface area contributed by atoms with Gasteiger partial charge in [-0.05, 0) is 75.0 Å². The molecule has 0 heterocycles. The number of rotatable bonds is 7. The largest absolute Gasteiger partial charge is 0.352 e. The van der Waals surface area contributed by atoms with Crippen molar-refractivity contribution >= 4 is 11.9 Å². The van der Waals surface area contributed by atoms with Crippen molar-refractivity contribution in [2.75, 3.05) is 13.1 Å². The van der Waals surface area contributed by atoms with Crippen LogP contribution < -0.4 is 21.7 Å². The highest BCUT2D eigenvalue weighted by Crippen LogP contribution is 2.55. The summed E-state index contributed by atoms with van der Waals surface area (Å²) in [6, 6.07) is -0.0222. The number of hydrogen-bond acceptors (Lipinski definition) is 3. The SMILES string of the molecule is NCC(NC(=O)CCNC(=O)NC12CC3CC(CC(C3)C1)C2)C1CCCCC1. The lowest BCUT2D eigenvalue weighted by Crippen LogP contribution is -2.61. The first-order valence-electron chi connectivity index (χ1n) is 11.6. The smallest absolute Gasteiger partial charge is 0.315 e. The molecular formula is C22H38N4O2. The molecule has 1 atom stereocenters. The van der Waals surface area contributed by atoms with E-state index in [0.29, 0.717) is 25.4 Å². The second-order valence-electron chi connectivity index (χ2n) is 10.1. The van der Waals surface area contributed by atoms with E-state index in [1.807, 2.05) is 0 Å². The fourth-order valence-electron chi connectivity index (χ4n) is 7.02. The minimum absolute atomic E-state index is 0.00359.